The predicted octanol–water partition coefficient (Wildman–Crippen LogP) is 2.79. The highest BCUT2D eigenvalue weighted by molar-refractivity contribution is 5.82. The number of nitrogens with zero attached hydrogens (tertiary/aromatic N) is 2. The van der Waals surface area contributed by atoms with Crippen molar-refractivity contribution in [1.82, 2.24) is 9.88 Å². The molecule has 2 saturated carbocycles. The van der Waals surface area contributed by atoms with E-state index in [1.165, 1.54) is 5.56 Å². The summed E-state index contributed by atoms with van der Waals surface area (Å²) in [6.45, 7) is 3.93. The van der Waals surface area contributed by atoms with Gasteiger partial charge in [0, 0.05) is 54.8 Å². The third-order valence-electron chi connectivity index (χ3n) is 11.6. The number of aromatic nitrogens is 1. The summed E-state index contributed by atoms with van der Waals surface area (Å²) in [4.78, 5) is 6.59. The number of pyridine rings is 1. The Labute approximate surface area is 229 Å². The molecule has 6 aliphatic rings. The first-order valence-electron chi connectivity index (χ1n) is 14.7. The third-order valence-corrected chi connectivity index (χ3v) is 11.6. The van der Waals surface area contributed by atoms with Crippen LogP contribution in [0.5, 0.6) is 0 Å². The predicted molar refractivity (Wildman–Crippen MR) is 148 cm³/mol. The number of fused-ring (bicyclic) bond motifs is 2. The number of allylic oxidation sites excluding steroid dienone is 1. The first-order valence-corrected chi connectivity index (χ1v) is 14.7. The zero-order valence-corrected chi connectivity index (χ0v) is 22.5. The Bertz CT molecular complexity index is 1410. The van der Waals surface area contributed by atoms with Gasteiger partial charge >= 0.3 is 0 Å². The number of rotatable bonds is 2. The Morgan fingerprint density at radius 1 is 1.13 bits per heavy atom. The Hall–Kier alpha value is -2.13. The number of aliphatic hydroxyl groups excluding tert-OH is 3. The molecular formula is C32H39N3O4. The fourth-order valence-electron chi connectivity index (χ4n) is 9.80. The number of benzene rings is 1. The molecular weight excluding hydrogens is 490 g/mol. The van der Waals surface area contributed by atoms with Gasteiger partial charge in [0.25, 0.3) is 0 Å². The second kappa shape index (κ2) is 8.21. The standard InChI is InChI=1S/C32H39N3O4/c1-30-7-4-21-13-23-28(37)29(38)24(35-11-6-22(33)17-35)15-31(23)8-9-32(21,39-31)26(30)14-25(36)27(30)19-3-2-18-5-10-34-16-20(18)12-19/h2-5,10,12-13,16,22,24-29,36-38H,6-9,11,14-15,17,33H2,1H3/t22-,24+,25-,26-,27?,28-,29+,30+,31-,32?/m1/s1. The van der Waals surface area contributed by atoms with Crippen LogP contribution >= 0.6 is 0 Å². The van der Waals surface area contributed by atoms with E-state index in [0.29, 0.717) is 12.8 Å². The minimum absolute atomic E-state index is 0.00223. The van der Waals surface area contributed by atoms with Crippen molar-refractivity contribution in [2.24, 2.45) is 17.1 Å². The zero-order valence-electron chi connectivity index (χ0n) is 22.5. The lowest BCUT2D eigenvalue weighted by Crippen LogP contribution is -2.62. The largest absolute Gasteiger partial charge is 0.392 e. The van der Waals surface area contributed by atoms with Gasteiger partial charge in [0.2, 0.25) is 0 Å². The van der Waals surface area contributed by atoms with Gasteiger partial charge in [0.05, 0.1) is 23.4 Å². The van der Waals surface area contributed by atoms with Crippen LogP contribution in [0.4, 0.5) is 0 Å². The summed E-state index contributed by atoms with van der Waals surface area (Å²) in [5.41, 5.74) is 8.15. The third kappa shape index (κ3) is 3.23. The van der Waals surface area contributed by atoms with Gasteiger partial charge < -0.3 is 25.8 Å². The number of ether oxygens (including phenoxy) is 1. The van der Waals surface area contributed by atoms with Gasteiger partial charge in [-0.1, -0.05) is 31.2 Å². The highest BCUT2D eigenvalue weighted by Crippen LogP contribution is 2.69. The molecule has 10 atom stereocenters. The van der Waals surface area contributed by atoms with E-state index in [1.807, 2.05) is 18.5 Å². The van der Waals surface area contributed by atoms with Crippen molar-refractivity contribution >= 4 is 10.8 Å². The number of aliphatic hydroxyl groups is 3. The highest BCUT2D eigenvalue weighted by Gasteiger charge is 2.69. The molecule has 5 N–H and O–H groups in total. The molecule has 8 rings (SSSR count). The molecule has 39 heavy (non-hydrogen) atoms. The minimum Gasteiger partial charge on any atom is -0.392 e. The van der Waals surface area contributed by atoms with Crippen LogP contribution in [0.2, 0.25) is 0 Å². The van der Waals surface area contributed by atoms with Crippen molar-refractivity contribution in [3.05, 3.63) is 65.5 Å². The SMILES string of the molecule is C[C@]12CC=C3C=C4[C@@H](O)[C@@H](O)[C@@H](N5CC[C@@H](N)C5)C[C@]45CCC3(O5)[C@@H]1C[C@@H](O)C2c1ccc2ccncc2c1. The molecule has 2 bridgehead atoms. The maximum absolute atomic E-state index is 11.6. The summed E-state index contributed by atoms with van der Waals surface area (Å²) in [6.07, 6.45) is 10.8. The van der Waals surface area contributed by atoms with Gasteiger partial charge in [-0.25, -0.2) is 0 Å². The van der Waals surface area contributed by atoms with Crippen molar-refractivity contribution in [2.45, 2.75) is 93.0 Å². The van der Waals surface area contributed by atoms with Crippen molar-refractivity contribution in [3.8, 4) is 0 Å². The van der Waals surface area contributed by atoms with Gasteiger partial charge in [-0.3, -0.25) is 9.88 Å². The van der Waals surface area contributed by atoms with E-state index in [4.69, 9.17) is 10.5 Å². The molecule has 3 aliphatic heterocycles. The molecule has 0 amide bonds. The Morgan fingerprint density at radius 2 is 2.00 bits per heavy atom. The minimum atomic E-state index is -0.945. The quantitative estimate of drug-likeness (QED) is 0.473. The van der Waals surface area contributed by atoms with Gasteiger partial charge in [0.1, 0.15) is 6.10 Å². The lowest BCUT2D eigenvalue weighted by Gasteiger charge is -2.56. The van der Waals surface area contributed by atoms with Crippen LogP contribution in [0.25, 0.3) is 10.8 Å². The van der Waals surface area contributed by atoms with Crippen molar-refractivity contribution in [2.75, 3.05) is 13.1 Å². The van der Waals surface area contributed by atoms with E-state index in [9.17, 15) is 15.3 Å². The fraction of sp³-hybridized carbons (Fsp3) is 0.594. The normalized spacial score (nSPS) is 46.9. The number of likely N-dealkylation sites (tertiary alicyclic amines) is 1. The molecule has 4 heterocycles. The second-order valence-corrected chi connectivity index (χ2v) is 13.5. The molecule has 0 radical (unpaired) electrons. The van der Waals surface area contributed by atoms with Crippen molar-refractivity contribution in [3.63, 3.8) is 0 Å². The highest BCUT2D eigenvalue weighted by atomic mass is 16.5. The van der Waals surface area contributed by atoms with E-state index >= 15 is 0 Å². The first-order chi connectivity index (χ1) is 18.7. The van der Waals surface area contributed by atoms with E-state index in [-0.39, 0.29) is 29.3 Å². The topological polar surface area (TPSA) is 112 Å². The van der Waals surface area contributed by atoms with E-state index in [0.717, 1.165) is 60.7 Å². The summed E-state index contributed by atoms with van der Waals surface area (Å²) in [5, 5.41) is 36.5. The molecule has 206 valence electrons. The molecule has 1 aromatic heterocycles. The maximum atomic E-state index is 11.6. The summed E-state index contributed by atoms with van der Waals surface area (Å²) < 4.78 is 7.31. The Balaban J connectivity index is 1.18. The fourth-order valence-corrected chi connectivity index (χ4v) is 9.80. The molecule has 7 nitrogen and oxygen atoms in total. The van der Waals surface area contributed by atoms with Crippen LogP contribution in [0.1, 0.15) is 56.9 Å². The van der Waals surface area contributed by atoms with Crippen LogP contribution in [0, 0.1) is 11.3 Å². The lowest BCUT2D eigenvalue weighted by molar-refractivity contribution is -0.167. The van der Waals surface area contributed by atoms with Crippen LogP contribution in [-0.4, -0.2) is 79.9 Å². The Kier molecular flexibility index (Phi) is 5.19. The summed E-state index contributed by atoms with van der Waals surface area (Å²) in [5.74, 6) is 0.164. The number of hydrogen-bond donors (Lipinski definition) is 4. The van der Waals surface area contributed by atoms with Gasteiger partial charge in [-0.15, -0.1) is 0 Å². The molecule has 7 heteroatoms. The maximum Gasteiger partial charge on any atom is 0.105 e. The average Bonchev–Trinajstić information content (AvgIpc) is 3.58. The van der Waals surface area contributed by atoms with Gasteiger partial charge in [-0.2, -0.15) is 0 Å². The van der Waals surface area contributed by atoms with Crippen LogP contribution in [-0.2, 0) is 4.74 Å². The van der Waals surface area contributed by atoms with Crippen LogP contribution in [0.15, 0.2) is 60.0 Å². The monoisotopic (exact) mass is 529 g/mol. The van der Waals surface area contributed by atoms with Crippen LogP contribution < -0.4 is 5.73 Å². The van der Waals surface area contributed by atoms with E-state index in [2.05, 4.69) is 47.2 Å². The molecule has 3 aliphatic carbocycles. The zero-order chi connectivity index (χ0) is 26.7. The van der Waals surface area contributed by atoms with E-state index in [1.54, 1.807) is 0 Å². The number of nitrogens with two attached hydrogens (primary N) is 1. The smallest absolute Gasteiger partial charge is 0.105 e. The molecule has 2 spiro atoms. The van der Waals surface area contributed by atoms with Crippen LogP contribution in [0.3, 0.4) is 0 Å². The molecule has 4 fully saturated rings. The van der Waals surface area contributed by atoms with Crippen molar-refractivity contribution in [1.29, 1.82) is 0 Å². The summed E-state index contributed by atoms with van der Waals surface area (Å²) >= 11 is 0. The molecule has 2 unspecified atom stereocenters. The van der Waals surface area contributed by atoms with Gasteiger partial charge in [-0.05, 0) is 78.2 Å². The van der Waals surface area contributed by atoms with Crippen molar-refractivity contribution < 1.29 is 20.1 Å². The molecule has 1 aromatic carbocycles. The average molecular weight is 530 g/mol. The second-order valence-electron chi connectivity index (χ2n) is 13.5. The Morgan fingerprint density at radius 3 is 2.82 bits per heavy atom. The summed E-state index contributed by atoms with van der Waals surface area (Å²) in [7, 11) is 0. The van der Waals surface area contributed by atoms with E-state index < -0.39 is 29.5 Å². The van der Waals surface area contributed by atoms with Gasteiger partial charge in [0.15, 0.2) is 0 Å². The molecule has 2 saturated heterocycles. The molecule has 2 aromatic rings. The first kappa shape index (κ1) is 24.6. The summed E-state index contributed by atoms with van der Waals surface area (Å²) in [6, 6.07) is 8.51. The number of hydrogen-bond acceptors (Lipinski definition) is 7. The lowest BCUT2D eigenvalue weighted by atomic mass is 9.58.